The van der Waals surface area contributed by atoms with Crippen molar-refractivity contribution in [3.63, 3.8) is 0 Å². The van der Waals surface area contributed by atoms with Gasteiger partial charge >= 0.3 is 0 Å². The van der Waals surface area contributed by atoms with Gasteiger partial charge in [-0.25, -0.2) is 0 Å². The molecule has 1 amide bonds. The molecule has 0 saturated carbocycles. The van der Waals surface area contributed by atoms with Gasteiger partial charge in [0.05, 0.1) is 16.8 Å². The van der Waals surface area contributed by atoms with E-state index in [1.54, 1.807) is 12.1 Å². The highest BCUT2D eigenvalue weighted by molar-refractivity contribution is 7.16. The number of rotatable bonds is 3. The second-order valence-electron chi connectivity index (χ2n) is 5.61. The van der Waals surface area contributed by atoms with E-state index in [0.717, 1.165) is 22.2 Å². The van der Waals surface area contributed by atoms with Crippen molar-refractivity contribution in [2.45, 2.75) is 26.8 Å². The second kappa shape index (κ2) is 6.86. The zero-order valence-corrected chi connectivity index (χ0v) is 14.6. The molecule has 0 fully saturated rings. The zero-order chi connectivity index (χ0) is 17.1. The Morgan fingerprint density at radius 3 is 2.67 bits per heavy atom. The minimum absolute atomic E-state index is 0.247. The maximum absolute atomic E-state index is 12.5. The molecule has 0 bridgehead atoms. The fourth-order valence-electron chi connectivity index (χ4n) is 2.51. The molecule has 120 valence electrons. The van der Waals surface area contributed by atoms with Gasteiger partial charge in [0.15, 0.2) is 4.80 Å². The number of nitrogens with zero attached hydrogens (tertiary/aromatic N) is 2. The Hall–Kier alpha value is -2.64. The van der Waals surface area contributed by atoms with Gasteiger partial charge in [0, 0.05) is 5.56 Å². The molecule has 0 aliphatic carbocycles. The van der Waals surface area contributed by atoms with Crippen LogP contribution in [0.25, 0.3) is 10.2 Å². The van der Waals surface area contributed by atoms with E-state index in [9.17, 15) is 4.79 Å². The summed E-state index contributed by atoms with van der Waals surface area (Å²) >= 11 is 1.50. The molecule has 0 saturated heterocycles. The smallest absolute Gasteiger partial charge is 0.279 e. The van der Waals surface area contributed by atoms with Crippen LogP contribution in [0, 0.1) is 19.3 Å². The van der Waals surface area contributed by atoms with Gasteiger partial charge in [0.25, 0.3) is 5.91 Å². The first kappa shape index (κ1) is 16.2. The van der Waals surface area contributed by atoms with Crippen LogP contribution in [-0.2, 0) is 13.0 Å². The number of hydrogen-bond donors (Lipinski definition) is 0. The van der Waals surface area contributed by atoms with Gasteiger partial charge in [0.1, 0.15) is 0 Å². The van der Waals surface area contributed by atoms with Gasteiger partial charge in [0.2, 0.25) is 0 Å². The van der Waals surface area contributed by atoms with Gasteiger partial charge in [-0.3, -0.25) is 4.79 Å². The number of carbonyl (C=O) groups excluding carboxylic acids is 1. The first-order valence-corrected chi connectivity index (χ1v) is 8.65. The molecule has 1 heterocycles. The minimum Gasteiger partial charge on any atom is -0.305 e. The highest BCUT2D eigenvalue weighted by atomic mass is 32.1. The number of thiazole rings is 1. The van der Waals surface area contributed by atoms with Crippen LogP contribution in [0.2, 0.25) is 0 Å². The molecular weight excluding hydrogens is 316 g/mol. The van der Waals surface area contributed by atoms with Crippen molar-refractivity contribution in [3.8, 4) is 12.3 Å². The predicted molar refractivity (Wildman–Crippen MR) is 99.1 cm³/mol. The van der Waals surface area contributed by atoms with Crippen molar-refractivity contribution >= 4 is 27.5 Å². The molecule has 3 rings (SSSR count). The van der Waals surface area contributed by atoms with Crippen molar-refractivity contribution in [1.29, 1.82) is 0 Å². The topological polar surface area (TPSA) is 34.4 Å². The fraction of sp³-hybridized carbons (Fsp3) is 0.200. The Morgan fingerprint density at radius 2 is 2.00 bits per heavy atom. The van der Waals surface area contributed by atoms with Crippen molar-refractivity contribution in [1.82, 2.24) is 4.57 Å². The van der Waals surface area contributed by atoms with E-state index in [1.165, 1.54) is 16.9 Å². The Bertz CT molecular complexity index is 1000. The number of aromatic nitrogens is 1. The molecule has 0 aliphatic rings. The van der Waals surface area contributed by atoms with Crippen LogP contribution in [0.15, 0.2) is 47.5 Å². The molecule has 0 unspecified atom stereocenters. The quantitative estimate of drug-likeness (QED) is 0.668. The summed E-state index contributed by atoms with van der Waals surface area (Å²) in [5.74, 6) is 2.40. The van der Waals surface area contributed by atoms with Crippen LogP contribution >= 0.6 is 11.3 Å². The molecule has 2 aromatic carbocycles. The van der Waals surface area contributed by atoms with Crippen molar-refractivity contribution in [3.05, 3.63) is 64.0 Å². The van der Waals surface area contributed by atoms with Gasteiger partial charge in [-0.2, -0.15) is 4.99 Å². The van der Waals surface area contributed by atoms with Gasteiger partial charge in [-0.15, -0.1) is 6.42 Å². The van der Waals surface area contributed by atoms with Crippen LogP contribution in [0.1, 0.15) is 28.4 Å². The lowest BCUT2D eigenvalue weighted by Gasteiger charge is -2.01. The number of fused-ring (bicyclic) bond motifs is 1. The maximum atomic E-state index is 12.5. The zero-order valence-electron chi connectivity index (χ0n) is 13.7. The number of carbonyl (C=O) groups is 1. The average Bonchev–Trinajstić information content (AvgIpc) is 2.92. The molecule has 4 heteroatoms. The Labute approximate surface area is 145 Å². The molecule has 0 atom stereocenters. The Kier molecular flexibility index (Phi) is 4.64. The van der Waals surface area contributed by atoms with Crippen molar-refractivity contribution < 1.29 is 4.79 Å². The molecule has 0 N–H and O–H groups in total. The van der Waals surface area contributed by atoms with Crippen LogP contribution in [0.4, 0.5) is 0 Å². The fourth-order valence-corrected chi connectivity index (χ4v) is 3.61. The first-order valence-electron chi connectivity index (χ1n) is 7.84. The van der Waals surface area contributed by atoms with Gasteiger partial charge < -0.3 is 4.57 Å². The summed E-state index contributed by atoms with van der Waals surface area (Å²) in [5.41, 5.74) is 3.97. The van der Waals surface area contributed by atoms with Crippen LogP contribution in [-0.4, -0.2) is 10.5 Å². The molecule has 24 heavy (non-hydrogen) atoms. The third-order valence-corrected chi connectivity index (χ3v) is 4.94. The van der Waals surface area contributed by atoms with Crippen LogP contribution in [0.5, 0.6) is 0 Å². The van der Waals surface area contributed by atoms with E-state index in [0.29, 0.717) is 16.9 Å². The number of amides is 1. The lowest BCUT2D eigenvalue weighted by atomic mass is 10.1. The SMILES string of the molecule is C#CCn1c(=NC(=O)c2ccc(C)cc2)sc2cc(CC)ccc21. The molecule has 3 aromatic rings. The highest BCUT2D eigenvalue weighted by Gasteiger charge is 2.09. The lowest BCUT2D eigenvalue weighted by Crippen LogP contribution is -2.16. The minimum atomic E-state index is -0.247. The van der Waals surface area contributed by atoms with Crippen molar-refractivity contribution in [2.24, 2.45) is 4.99 Å². The summed E-state index contributed by atoms with van der Waals surface area (Å²) in [6, 6.07) is 13.7. The summed E-state index contributed by atoms with van der Waals surface area (Å²) in [7, 11) is 0. The molecule has 0 aliphatic heterocycles. The summed E-state index contributed by atoms with van der Waals surface area (Å²) in [6.45, 7) is 4.51. The first-order chi connectivity index (χ1) is 11.6. The Balaban J connectivity index is 2.13. The summed E-state index contributed by atoms with van der Waals surface area (Å²) < 4.78 is 3.02. The second-order valence-corrected chi connectivity index (χ2v) is 6.62. The number of aryl methyl sites for hydroxylation is 2. The van der Waals surface area contributed by atoms with Crippen LogP contribution in [0.3, 0.4) is 0 Å². The van der Waals surface area contributed by atoms with Gasteiger partial charge in [-0.1, -0.05) is 47.9 Å². The van der Waals surface area contributed by atoms with Gasteiger partial charge in [-0.05, 0) is 43.2 Å². The lowest BCUT2D eigenvalue weighted by molar-refractivity contribution is 0.0998. The molecule has 0 spiro atoms. The number of hydrogen-bond acceptors (Lipinski definition) is 2. The number of benzene rings is 2. The molecule has 3 nitrogen and oxygen atoms in total. The predicted octanol–water partition coefficient (Wildman–Crippen LogP) is 3.95. The van der Waals surface area contributed by atoms with E-state index in [1.807, 2.05) is 23.6 Å². The summed E-state index contributed by atoms with van der Waals surface area (Å²) in [5, 5.41) is 0. The summed E-state index contributed by atoms with van der Waals surface area (Å²) in [4.78, 5) is 17.4. The Morgan fingerprint density at radius 1 is 1.25 bits per heavy atom. The highest BCUT2D eigenvalue weighted by Crippen LogP contribution is 2.19. The standard InChI is InChI=1S/C20H18N2OS/c1-4-12-22-17-11-8-15(5-2)13-18(17)24-20(22)21-19(23)16-9-6-14(3)7-10-16/h1,6-11,13H,5,12H2,2-3H3. The largest absolute Gasteiger partial charge is 0.305 e. The van der Waals surface area contributed by atoms with E-state index in [-0.39, 0.29) is 5.91 Å². The third-order valence-electron chi connectivity index (χ3n) is 3.90. The number of terminal acetylenes is 1. The van der Waals surface area contributed by atoms with E-state index in [4.69, 9.17) is 6.42 Å². The molecular formula is C20H18N2OS. The maximum Gasteiger partial charge on any atom is 0.279 e. The van der Waals surface area contributed by atoms with E-state index < -0.39 is 0 Å². The average molecular weight is 334 g/mol. The monoisotopic (exact) mass is 334 g/mol. The normalized spacial score (nSPS) is 11.6. The van der Waals surface area contributed by atoms with E-state index in [2.05, 4.69) is 36.0 Å². The van der Waals surface area contributed by atoms with Crippen LogP contribution < -0.4 is 4.80 Å². The molecule has 1 aromatic heterocycles. The van der Waals surface area contributed by atoms with Crippen molar-refractivity contribution in [2.75, 3.05) is 0 Å². The third kappa shape index (κ3) is 3.17. The summed E-state index contributed by atoms with van der Waals surface area (Å²) in [6.07, 6.45) is 6.47. The molecule has 0 radical (unpaired) electrons. The van der Waals surface area contributed by atoms with E-state index >= 15 is 0 Å².